The summed E-state index contributed by atoms with van der Waals surface area (Å²) in [6.45, 7) is 4.73. The van der Waals surface area contributed by atoms with E-state index in [1.807, 2.05) is 6.07 Å². The van der Waals surface area contributed by atoms with Crippen LogP contribution >= 0.6 is 0 Å². The molecule has 1 heterocycles. The van der Waals surface area contributed by atoms with Gasteiger partial charge in [-0.25, -0.2) is 13.2 Å². The average molecular weight is 340 g/mol. The van der Waals surface area contributed by atoms with E-state index in [1.165, 1.54) is 6.07 Å². The van der Waals surface area contributed by atoms with Crippen molar-refractivity contribution in [2.45, 2.75) is 44.3 Å². The number of hydrogen-bond acceptors (Lipinski definition) is 2. The van der Waals surface area contributed by atoms with E-state index in [2.05, 4.69) is 6.58 Å². The first-order chi connectivity index (χ1) is 11.6. The molecule has 24 heavy (non-hydrogen) atoms. The molecule has 5 heteroatoms. The van der Waals surface area contributed by atoms with E-state index in [-0.39, 0.29) is 17.7 Å². The Morgan fingerprint density at radius 2 is 1.75 bits per heavy atom. The Balaban J connectivity index is 1.64. The van der Waals surface area contributed by atoms with Gasteiger partial charge in [0.1, 0.15) is 5.82 Å². The van der Waals surface area contributed by atoms with Crippen LogP contribution in [0.2, 0.25) is 0 Å². The van der Waals surface area contributed by atoms with Gasteiger partial charge in [0.2, 0.25) is 6.43 Å². The van der Waals surface area contributed by atoms with Gasteiger partial charge in [-0.15, -0.1) is 6.58 Å². The molecule has 1 aromatic rings. The maximum absolute atomic E-state index is 14.5. The summed E-state index contributed by atoms with van der Waals surface area (Å²) in [4.78, 5) is 0. The molecule has 2 aliphatic rings. The van der Waals surface area contributed by atoms with Gasteiger partial charge in [-0.05, 0) is 43.2 Å². The van der Waals surface area contributed by atoms with Crippen LogP contribution in [-0.4, -0.2) is 19.6 Å². The summed E-state index contributed by atoms with van der Waals surface area (Å²) in [5, 5.41) is 0. The minimum atomic E-state index is -2.27. The fourth-order valence-corrected chi connectivity index (χ4v) is 3.55. The molecule has 0 bridgehead atoms. The van der Waals surface area contributed by atoms with Gasteiger partial charge in [-0.3, -0.25) is 0 Å². The van der Waals surface area contributed by atoms with Crippen LogP contribution in [0.3, 0.4) is 0 Å². The SMILES string of the molecule is C=CC1COC(c2ccc(C3CCC(C(F)F)CC3)c(F)c2)OC1. The van der Waals surface area contributed by atoms with E-state index < -0.39 is 18.6 Å². The van der Waals surface area contributed by atoms with E-state index >= 15 is 0 Å². The molecule has 1 saturated carbocycles. The average Bonchev–Trinajstić information content (AvgIpc) is 2.62. The smallest absolute Gasteiger partial charge is 0.241 e. The molecule has 1 aromatic carbocycles. The van der Waals surface area contributed by atoms with Crippen LogP contribution < -0.4 is 0 Å². The van der Waals surface area contributed by atoms with Gasteiger partial charge in [0.25, 0.3) is 0 Å². The van der Waals surface area contributed by atoms with E-state index in [4.69, 9.17) is 9.47 Å². The summed E-state index contributed by atoms with van der Waals surface area (Å²) in [5.74, 6) is -0.653. The largest absolute Gasteiger partial charge is 0.348 e. The molecule has 2 nitrogen and oxygen atoms in total. The molecule has 1 aliphatic carbocycles. The van der Waals surface area contributed by atoms with Gasteiger partial charge >= 0.3 is 0 Å². The summed E-state index contributed by atoms with van der Waals surface area (Å²) >= 11 is 0. The van der Waals surface area contributed by atoms with Crippen molar-refractivity contribution in [1.29, 1.82) is 0 Å². The quantitative estimate of drug-likeness (QED) is 0.700. The van der Waals surface area contributed by atoms with Crippen LogP contribution in [0.5, 0.6) is 0 Å². The van der Waals surface area contributed by atoms with Crippen molar-refractivity contribution in [2.24, 2.45) is 11.8 Å². The third-order valence-corrected chi connectivity index (χ3v) is 5.12. The van der Waals surface area contributed by atoms with Gasteiger partial charge in [0.05, 0.1) is 13.2 Å². The third kappa shape index (κ3) is 3.83. The van der Waals surface area contributed by atoms with E-state index in [1.54, 1.807) is 12.1 Å². The molecule has 0 N–H and O–H groups in total. The van der Waals surface area contributed by atoms with Crippen LogP contribution in [0.15, 0.2) is 30.9 Å². The maximum atomic E-state index is 14.5. The molecule has 2 fully saturated rings. The van der Waals surface area contributed by atoms with Crippen LogP contribution in [0.4, 0.5) is 13.2 Å². The van der Waals surface area contributed by atoms with Gasteiger partial charge in [-0.2, -0.15) is 0 Å². The van der Waals surface area contributed by atoms with Crippen molar-refractivity contribution in [3.05, 3.63) is 47.8 Å². The zero-order valence-electron chi connectivity index (χ0n) is 13.6. The van der Waals surface area contributed by atoms with E-state index in [0.717, 1.165) is 0 Å². The Hall–Kier alpha value is -1.33. The topological polar surface area (TPSA) is 18.5 Å². The molecule has 0 aromatic heterocycles. The lowest BCUT2D eigenvalue weighted by molar-refractivity contribution is -0.197. The van der Waals surface area contributed by atoms with E-state index in [0.29, 0.717) is 50.0 Å². The Labute approximate surface area is 140 Å². The molecule has 0 radical (unpaired) electrons. The number of rotatable bonds is 4. The minimum absolute atomic E-state index is 0.0207. The Bertz CT molecular complexity index is 560. The highest BCUT2D eigenvalue weighted by atomic mass is 19.3. The zero-order chi connectivity index (χ0) is 17.1. The highest BCUT2D eigenvalue weighted by Gasteiger charge is 2.30. The number of benzene rings is 1. The second-order valence-electron chi connectivity index (χ2n) is 6.72. The summed E-state index contributed by atoms with van der Waals surface area (Å²) in [7, 11) is 0. The van der Waals surface area contributed by atoms with Crippen molar-refractivity contribution in [2.75, 3.05) is 13.2 Å². The van der Waals surface area contributed by atoms with Crippen molar-refractivity contribution >= 4 is 0 Å². The molecule has 0 spiro atoms. The minimum Gasteiger partial charge on any atom is -0.348 e. The number of ether oxygens (including phenoxy) is 2. The molecule has 1 saturated heterocycles. The third-order valence-electron chi connectivity index (χ3n) is 5.12. The molecule has 3 rings (SSSR count). The Kier molecular flexibility index (Phi) is 5.61. The Morgan fingerprint density at radius 3 is 2.29 bits per heavy atom. The standard InChI is InChI=1S/C19H23F3O2/c1-2-12-10-23-19(24-11-12)15-7-8-16(17(20)9-15)13-3-5-14(6-4-13)18(21)22/h2,7-9,12-14,18-19H,1,3-6,10-11H2. The molecule has 0 amide bonds. The number of alkyl halides is 2. The van der Waals surface area contributed by atoms with Gasteiger partial charge in [0.15, 0.2) is 6.29 Å². The monoisotopic (exact) mass is 340 g/mol. The highest BCUT2D eigenvalue weighted by molar-refractivity contribution is 5.28. The predicted octanol–water partition coefficient (Wildman–Crippen LogP) is 5.21. The van der Waals surface area contributed by atoms with Crippen molar-refractivity contribution < 1.29 is 22.6 Å². The van der Waals surface area contributed by atoms with Crippen LogP contribution in [0.1, 0.15) is 49.0 Å². The summed E-state index contributed by atoms with van der Waals surface area (Å²) in [6.07, 6.45) is 1.11. The first-order valence-electron chi connectivity index (χ1n) is 8.51. The molecular weight excluding hydrogens is 317 g/mol. The van der Waals surface area contributed by atoms with Crippen LogP contribution in [0.25, 0.3) is 0 Å². The van der Waals surface area contributed by atoms with Gasteiger partial charge in [0, 0.05) is 17.4 Å². The second kappa shape index (κ2) is 7.70. The van der Waals surface area contributed by atoms with Crippen LogP contribution in [-0.2, 0) is 9.47 Å². The van der Waals surface area contributed by atoms with Crippen LogP contribution in [0, 0.1) is 17.7 Å². The van der Waals surface area contributed by atoms with Crippen molar-refractivity contribution in [3.63, 3.8) is 0 Å². The molecule has 1 aliphatic heterocycles. The molecular formula is C19H23F3O2. The highest BCUT2D eigenvalue weighted by Crippen LogP contribution is 2.39. The molecule has 0 unspecified atom stereocenters. The Morgan fingerprint density at radius 1 is 1.08 bits per heavy atom. The van der Waals surface area contributed by atoms with Crippen molar-refractivity contribution in [3.8, 4) is 0 Å². The lowest BCUT2D eigenvalue weighted by atomic mass is 9.78. The fraction of sp³-hybridized carbons (Fsp3) is 0.579. The zero-order valence-corrected chi connectivity index (χ0v) is 13.6. The summed E-state index contributed by atoms with van der Waals surface area (Å²) in [5.41, 5.74) is 1.27. The summed E-state index contributed by atoms with van der Waals surface area (Å²) in [6, 6.07) is 5.02. The van der Waals surface area contributed by atoms with E-state index in [9.17, 15) is 13.2 Å². The fourth-order valence-electron chi connectivity index (χ4n) is 3.55. The first kappa shape index (κ1) is 17.5. The normalized spacial score (nSPS) is 31.2. The lowest BCUT2D eigenvalue weighted by Gasteiger charge is -2.30. The number of hydrogen-bond donors (Lipinski definition) is 0. The lowest BCUT2D eigenvalue weighted by Crippen LogP contribution is -2.25. The second-order valence-corrected chi connectivity index (χ2v) is 6.72. The van der Waals surface area contributed by atoms with Crippen molar-refractivity contribution in [1.82, 2.24) is 0 Å². The first-order valence-corrected chi connectivity index (χ1v) is 8.51. The maximum Gasteiger partial charge on any atom is 0.241 e. The summed E-state index contributed by atoms with van der Waals surface area (Å²) < 4.78 is 51.2. The van der Waals surface area contributed by atoms with Gasteiger partial charge < -0.3 is 9.47 Å². The molecule has 132 valence electrons. The predicted molar refractivity (Wildman–Crippen MR) is 85.4 cm³/mol. The van der Waals surface area contributed by atoms with Gasteiger partial charge in [-0.1, -0.05) is 18.2 Å². The molecule has 0 atom stereocenters. The number of halogens is 3.